The Hall–Kier alpha value is -4.46. The zero-order valence-corrected chi connectivity index (χ0v) is 21.9. The Bertz CT molecular complexity index is 1440. The van der Waals surface area contributed by atoms with E-state index in [9.17, 15) is 9.59 Å². The zero-order chi connectivity index (χ0) is 26.8. The summed E-state index contributed by atoms with van der Waals surface area (Å²) in [4.78, 5) is 34.2. The molecule has 0 bridgehead atoms. The van der Waals surface area contributed by atoms with Crippen LogP contribution in [0, 0.1) is 5.92 Å². The fourth-order valence-corrected chi connectivity index (χ4v) is 5.34. The molecule has 1 saturated heterocycles. The highest BCUT2D eigenvalue weighted by Crippen LogP contribution is 2.48. The van der Waals surface area contributed by atoms with Crippen molar-refractivity contribution >= 4 is 17.6 Å². The van der Waals surface area contributed by atoms with Crippen LogP contribution >= 0.6 is 0 Å². The number of rotatable bonds is 7. The molecule has 2 aromatic carbocycles. The maximum absolute atomic E-state index is 13.1. The molecule has 0 N–H and O–H groups in total. The number of nitrogens with zero attached hydrogens (tertiary/aromatic N) is 5. The molecular weight excluding hydrogens is 490 g/mol. The predicted octanol–water partition coefficient (Wildman–Crippen LogP) is 4.56. The molecule has 0 radical (unpaired) electrons. The normalized spacial score (nSPS) is 18.6. The van der Waals surface area contributed by atoms with E-state index in [0.29, 0.717) is 17.6 Å². The fourth-order valence-electron chi connectivity index (χ4n) is 5.34. The SMILES string of the molecule is CCOC(=O)c1cc(-c2ccc(N3CCN(C(=O)[C@@H]4C[C@H]4c4ccccc4)CC3)cc2)n(-c2ccccn2)n1. The smallest absolute Gasteiger partial charge is 0.358 e. The highest BCUT2D eigenvalue weighted by atomic mass is 16.5. The van der Waals surface area contributed by atoms with E-state index in [1.54, 1.807) is 23.9 Å². The fraction of sp³-hybridized carbons (Fsp3) is 0.290. The summed E-state index contributed by atoms with van der Waals surface area (Å²) >= 11 is 0. The third-order valence-electron chi connectivity index (χ3n) is 7.52. The maximum atomic E-state index is 13.1. The molecule has 39 heavy (non-hydrogen) atoms. The minimum absolute atomic E-state index is 0.127. The molecule has 2 atom stereocenters. The summed E-state index contributed by atoms with van der Waals surface area (Å²) in [6.07, 6.45) is 2.65. The number of esters is 1. The summed E-state index contributed by atoms with van der Waals surface area (Å²) in [6.45, 7) is 5.12. The molecule has 198 valence electrons. The summed E-state index contributed by atoms with van der Waals surface area (Å²) in [5.74, 6) is 0.950. The van der Waals surface area contributed by atoms with Crippen LogP contribution in [0.3, 0.4) is 0 Å². The highest BCUT2D eigenvalue weighted by Gasteiger charge is 2.46. The second-order valence-corrected chi connectivity index (χ2v) is 9.95. The van der Waals surface area contributed by atoms with Crippen LogP contribution in [-0.2, 0) is 9.53 Å². The lowest BCUT2D eigenvalue weighted by Crippen LogP contribution is -2.49. The number of anilines is 1. The summed E-state index contributed by atoms with van der Waals surface area (Å²) in [5.41, 5.74) is 4.30. The number of ether oxygens (including phenoxy) is 1. The van der Waals surface area contributed by atoms with Crippen LogP contribution in [-0.4, -0.2) is 64.3 Å². The van der Waals surface area contributed by atoms with Crippen molar-refractivity contribution in [2.24, 2.45) is 5.92 Å². The van der Waals surface area contributed by atoms with Crippen LogP contribution in [0.2, 0.25) is 0 Å². The lowest BCUT2D eigenvalue weighted by Gasteiger charge is -2.36. The molecule has 1 amide bonds. The number of carbonyl (C=O) groups excluding carboxylic acids is 2. The van der Waals surface area contributed by atoms with Crippen molar-refractivity contribution in [2.45, 2.75) is 19.3 Å². The van der Waals surface area contributed by atoms with E-state index in [-0.39, 0.29) is 18.2 Å². The minimum Gasteiger partial charge on any atom is -0.461 e. The van der Waals surface area contributed by atoms with Crippen molar-refractivity contribution < 1.29 is 14.3 Å². The van der Waals surface area contributed by atoms with Crippen molar-refractivity contribution in [2.75, 3.05) is 37.7 Å². The molecule has 4 aromatic rings. The molecule has 0 spiro atoms. The molecule has 2 fully saturated rings. The topological polar surface area (TPSA) is 80.6 Å². The van der Waals surface area contributed by atoms with Crippen LogP contribution in [0.1, 0.15) is 35.3 Å². The van der Waals surface area contributed by atoms with Gasteiger partial charge in [-0.15, -0.1) is 0 Å². The van der Waals surface area contributed by atoms with Crippen LogP contribution in [0.15, 0.2) is 85.1 Å². The summed E-state index contributed by atoms with van der Waals surface area (Å²) in [7, 11) is 0. The average molecular weight is 522 g/mol. The number of pyridine rings is 1. The van der Waals surface area contributed by atoms with Gasteiger partial charge in [0.25, 0.3) is 0 Å². The Balaban J connectivity index is 1.13. The first kappa shape index (κ1) is 24.9. The maximum Gasteiger partial charge on any atom is 0.358 e. The van der Waals surface area contributed by atoms with E-state index in [4.69, 9.17) is 4.74 Å². The Morgan fingerprint density at radius 2 is 1.67 bits per heavy atom. The number of benzene rings is 2. The molecule has 1 aliphatic carbocycles. The van der Waals surface area contributed by atoms with Crippen molar-refractivity contribution in [3.8, 4) is 17.1 Å². The lowest BCUT2D eigenvalue weighted by molar-refractivity contribution is -0.133. The Morgan fingerprint density at radius 1 is 0.923 bits per heavy atom. The van der Waals surface area contributed by atoms with Crippen molar-refractivity contribution in [1.29, 1.82) is 0 Å². The molecule has 6 rings (SSSR count). The first-order chi connectivity index (χ1) is 19.1. The van der Waals surface area contributed by atoms with Gasteiger partial charge in [0.15, 0.2) is 11.5 Å². The van der Waals surface area contributed by atoms with Crippen molar-refractivity contribution in [3.05, 3.63) is 96.3 Å². The summed E-state index contributed by atoms with van der Waals surface area (Å²) < 4.78 is 6.84. The van der Waals surface area contributed by atoms with Crippen LogP contribution < -0.4 is 4.90 Å². The zero-order valence-electron chi connectivity index (χ0n) is 21.9. The molecule has 8 heteroatoms. The summed E-state index contributed by atoms with van der Waals surface area (Å²) in [6, 6.07) is 25.9. The number of aromatic nitrogens is 3. The van der Waals surface area contributed by atoms with Gasteiger partial charge >= 0.3 is 5.97 Å². The van der Waals surface area contributed by atoms with Gasteiger partial charge in [0.1, 0.15) is 0 Å². The molecule has 1 aliphatic heterocycles. The van der Waals surface area contributed by atoms with E-state index in [1.165, 1.54) is 5.56 Å². The molecular formula is C31H31N5O3. The van der Waals surface area contributed by atoms with Crippen molar-refractivity contribution in [1.82, 2.24) is 19.7 Å². The number of amides is 1. The molecule has 8 nitrogen and oxygen atoms in total. The molecule has 0 unspecified atom stereocenters. The Labute approximate surface area is 227 Å². The summed E-state index contributed by atoms with van der Waals surface area (Å²) in [5, 5.41) is 4.49. The van der Waals surface area contributed by atoms with E-state index in [1.807, 2.05) is 53.4 Å². The van der Waals surface area contributed by atoms with Gasteiger partial charge < -0.3 is 14.5 Å². The van der Waals surface area contributed by atoms with E-state index < -0.39 is 5.97 Å². The van der Waals surface area contributed by atoms with Crippen LogP contribution in [0.25, 0.3) is 17.1 Å². The van der Waals surface area contributed by atoms with Crippen molar-refractivity contribution in [3.63, 3.8) is 0 Å². The first-order valence-corrected chi connectivity index (χ1v) is 13.5. The molecule has 2 aromatic heterocycles. The third kappa shape index (κ3) is 5.14. The van der Waals surface area contributed by atoms with Gasteiger partial charge in [-0.3, -0.25) is 4.79 Å². The number of carbonyl (C=O) groups is 2. The van der Waals surface area contributed by atoms with Gasteiger partial charge in [0.2, 0.25) is 5.91 Å². The van der Waals surface area contributed by atoms with Gasteiger partial charge in [-0.05, 0) is 55.2 Å². The van der Waals surface area contributed by atoms with E-state index in [2.05, 4.69) is 39.2 Å². The third-order valence-corrected chi connectivity index (χ3v) is 7.52. The second-order valence-electron chi connectivity index (χ2n) is 9.95. The Morgan fingerprint density at radius 3 is 2.36 bits per heavy atom. The van der Waals surface area contributed by atoms with Gasteiger partial charge in [0, 0.05) is 49.5 Å². The quantitative estimate of drug-likeness (QED) is 0.332. The molecule has 2 aliphatic rings. The largest absolute Gasteiger partial charge is 0.461 e. The van der Waals surface area contributed by atoms with Gasteiger partial charge in [-0.2, -0.15) is 5.10 Å². The van der Waals surface area contributed by atoms with Gasteiger partial charge in [0.05, 0.1) is 12.3 Å². The second kappa shape index (κ2) is 10.7. The molecule has 1 saturated carbocycles. The standard InChI is InChI=1S/C31H31N5O3/c1-2-39-31(38)27-21-28(36(33-27)29-10-6-7-15-32-29)23-11-13-24(14-12-23)34-16-18-35(19-17-34)30(37)26-20-25(26)22-8-4-3-5-9-22/h3-15,21,25-26H,2,16-20H2,1H3/t25-,26+/m0/s1. The van der Waals surface area contributed by atoms with E-state index >= 15 is 0 Å². The first-order valence-electron chi connectivity index (χ1n) is 13.5. The monoisotopic (exact) mass is 521 g/mol. The number of hydrogen-bond acceptors (Lipinski definition) is 6. The lowest BCUT2D eigenvalue weighted by atomic mass is 10.1. The van der Waals surface area contributed by atoms with E-state index in [0.717, 1.165) is 49.5 Å². The Kier molecular flexibility index (Phi) is 6.84. The average Bonchev–Trinajstić information content (AvgIpc) is 3.68. The molecule has 3 heterocycles. The van der Waals surface area contributed by atoms with Crippen LogP contribution in [0.4, 0.5) is 5.69 Å². The van der Waals surface area contributed by atoms with Crippen LogP contribution in [0.5, 0.6) is 0 Å². The highest BCUT2D eigenvalue weighted by molar-refractivity contribution is 5.89. The van der Waals surface area contributed by atoms with Gasteiger partial charge in [-0.1, -0.05) is 48.5 Å². The number of hydrogen-bond donors (Lipinski definition) is 0. The number of piperazine rings is 1. The predicted molar refractivity (Wildman–Crippen MR) is 149 cm³/mol. The minimum atomic E-state index is -0.459. The van der Waals surface area contributed by atoms with Gasteiger partial charge in [-0.25, -0.2) is 14.5 Å².